The summed E-state index contributed by atoms with van der Waals surface area (Å²) in [4.78, 5) is 0. The van der Waals surface area contributed by atoms with Crippen molar-refractivity contribution in [2.24, 2.45) is 0 Å². The van der Waals surface area contributed by atoms with E-state index in [9.17, 15) is 5.11 Å². The predicted octanol–water partition coefficient (Wildman–Crippen LogP) is 2.48. The van der Waals surface area contributed by atoms with Gasteiger partial charge in [-0.15, -0.1) is 5.10 Å². The van der Waals surface area contributed by atoms with Crippen LogP contribution in [0.4, 0.5) is 0 Å². The second kappa shape index (κ2) is 8.52. The maximum Gasteiger partial charge on any atom is 0.118 e. The normalized spacial score (nSPS) is 19.1. The molecule has 0 spiro atoms. The molecule has 0 radical (unpaired) electrons. The fourth-order valence-electron chi connectivity index (χ4n) is 3.36. The molecule has 0 amide bonds. The molecule has 146 valence electrons. The van der Waals surface area contributed by atoms with E-state index in [0.717, 1.165) is 28.3 Å². The zero-order valence-electron chi connectivity index (χ0n) is 15.7. The van der Waals surface area contributed by atoms with E-state index in [0.29, 0.717) is 19.8 Å². The number of ether oxygens (including phenoxy) is 3. The summed E-state index contributed by atoms with van der Waals surface area (Å²) in [7, 11) is 1.64. The average Bonchev–Trinajstić information content (AvgIpc) is 3.03. The molecule has 4 rings (SSSR count). The highest BCUT2D eigenvalue weighted by Gasteiger charge is 2.31. The second-order valence-electron chi connectivity index (χ2n) is 6.71. The first kappa shape index (κ1) is 18.6. The Morgan fingerprint density at radius 2 is 1.89 bits per heavy atom. The molecule has 7 heteroatoms. The van der Waals surface area contributed by atoms with Gasteiger partial charge in [-0.2, -0.15) is 0 Å². The molecule has 1 N–H and O–H groups in total. The van der Waals surface area contributed by atoms with Crippen molar-refractivity contribution >= 4 is 0 Å². The maximum absolute atomic E-state index is 10.6. The molecule has 7 nitrogen and oxygen atoms in total. The largest absolute Gasteiger partial charge is 0.497 e. The molecule has 0 bridgehead atoms. The van der Waals surface area contributed by atoms with Gasteiger partial charge in [0.15, 0.2) is 0 Å². The Kier molecular flexibility index (Phi) is 5.66. The SMILES string of the molecule is COc1ccc(COCc2nnn3c2COC[C@H](O)[C@H]3c2ccccc2)cc1. The van der Waals surface area contributed by atoms with E-state index in [-0.39, 0.29) is 12.6 Å². The van der Waals surface area contributed by atoms with E-state index in [4.69, 9.17) is 14.2 Å². The smallest absolute Gasteiger partial charge is 0.118 e. The fraction of sp³-hybridized carbons (Fsp3) is 0.333. The Morgan fingerprint density at radius 1 is 1.11 bits per heavy atom. The van der Waals surface area contributed by atoms with Gasteiger partial charge in [0.25, 0.3) is 0 Å². The van der Waals surface area contributed by atoms with Crippen LogP contribution in [0.5, 0.6) is 5.75 Å². The summed E-state index contributed by atoms with van der Waals surface area (Å²) in [6.07, 6.45) is -0.696. The number of methoxy groups -OCH3 is 1. The summed E-state index contributed by atoms with van der Waals surface area (Å²) in [5, 5.41) is 19.2. The predicted molar refractivity (Wildman–Crippen MR) is 102 cm³/mol. The molecule has 0 saturated carbocycles. The van der Waals surface area contributed by atoms with E-state index in [2.05, 4.69) is 10.3 Å². The van der Waals surface area contributed by atoms with Crippen LogP contribution >= 0.6 is 0 Å². The molecule has 1 aliphatic heterocycles. The van der Waals surface area contributed by atoms with Gasteiger partial charge in [-0.25, -0.2) is 4.68 Å². The molecular weight excluding hydrogens is 358 g/mol. The lowest BCUT2D eigenvalue weighted by atomic mass is 10.0. The molecule has 3 aromatic rings. The summed E-state index contributed by atoms with van der Waals surface area (Å²) in [6.45, 7) is 1.37. The molecule has 1 aliphatic rings. The third kappa shape index (κ3) is 3.91. The summed E-state index contributed by atoms with van der Waals surface area (Å²) < 4.78 is 18.4. The highest BCUT2D eigenvalue weighted by molar-refractivity contribution is 5.27. The van der Waals surface area contributed by atoms with Crippen LogP contribution in [0.25, 0.3) is 0 Å². The van der Waals surface area contributed by atoms with Gasteiger partial charge in [0, 0.05) is 0 Å². The van der Waals surface area contributed by atoms with Crippen LogP contribution in [0.15, 0.2) is 54.6 Å². The third-order valence-corrected chi connectivity index (χ3v) is 4.83. The van der Waals surface area contributed by atoms with Crippen molar-refractivity contribution in [3.8, 4) is 5.75 Å². The van der Waals surface area contributed by atoms with Crippen molar-refractivity contribution in [2.45, 2.75) is 32.0 Å². The van der Waals surface area contributed by atoms with Crippen molar-refractivity contribution in [3.05, 3.63) is 77.1 Å². The molecule has 28 heavy (non-hydrogen) atoms. The molecule has 2 atom stereocenters. The van der Waals surface area contributed by atoms with Crippen molar-refractivity contribution < 1.29 is 19.3 Å². The zero-order valence-corrected chi connectivity index (χ0v) is 15.7. The minimum atomic E-state index is -0.696. The van der Waals surface area contributed by atoms with E-state index >= 15 is 0 Å². The topological polar surface area (TPSA) is 78.6 Å². The minimum Gasteiger partial charge on any atom is -0.497 e. The van der Waals surface area contributed by atoms with E-state index in [1.165, 1.54) is 0 Å². The molecule has 0 aliphatic carbocycles. The first-order valence-corrected chi connectivity index (χ1v) is 9.20. The van der Waals surface area contributed by atoms with Gasteiger partial charge in [0.05, 0.1) is 39.2 Å². The first-order chi connectivity index (χ1) is 13.8. The summed E-state index contributed by atoms with van der Waals surface area (Å²) in [5.74, 6) is 0.815. The summed E-state index contributed by atoms with van der Waals surface area (Å²) >= 11 is 0. The Bertz CT molecular complexity index is 896. The Hall–Kier alpha value is -2.74. The molecule has 2 aromatic carbocycles. The third-order valence-electron chi connectivity index (χ3n) is 4.83. The molecular formula is C21H23N3O4. The van der Waals surface area contributed by atoms with Crippen LogP contribution in [-0.4, -0.2) is 39.9 Å². The standard InChI is InChI=1S/C21H23N3O4/c1-26-17-9-7-15(8-10-17)11-27-12-18-19-13-28-14-20(25)21(24(19)23-22-18)16-5-3-2-4-6-16/h2-10,20-21,25H,11-14H2,1H3/t20-,21+/m0/s1. The molecule has 0 unspecified atom stereocenters. The number of rotatable bonds is 6. The van der Waals surface area contributed by atoms with Crippen molar-refractivity contribution in [3.63, 3.8) is 0 Å². The second-order valence-corrected chi connectivity index (χ2v) is 6.71. The Balaban J connectivity index is 1.49. The number of benzene rings is 2. The number of aliphatic hydroxyl groups is 1. The van der Waals surface area contributed by atoms with Gasteiger partial charge in [-0.3, -0.25) is 0 Å². The van der Waals surface area contributed by atoms with Crippen LogP contribution in [-0.2, 0) is 29.3 Å². The number of aromatic nitrogens is 3. The fourth-order valence-corrected chi connectivity index (χ4v) is 3.36. The molecule has 2 heterocycles. The molecule has 1 aromatic heterocycles. The van der Waals surface area contributed by atoms with E-state index < -0.39 is 6.10 Å². The number of hydrogen-bond donors (Lipinski definition) is 1. The maximum atomic E-state index is 10.6. The van der Waals surface area contributed by atoms with Crippen molar-refractivity contribution in [2.75, 3.05) is 13.7 Å². The highest BCUT2D eigenvalue weighted by Crippen LogP contribution is 2.27. The lowest BCUT2D eigenvalue weighted by molar-refractivity contribution is 0.0230. The van der Waals surface area contributed by atoms with Gasteiger partial charge in [0.1, 0.15) is 23.6 Å². The van der Waals surface area contributed by atoms with Crippen molar-refractivity contribution in [1.82, 2.24) is 15.0 Å². The van der Waals surface area contributed by atoms with Gasteiger partial charge < -0.3 is 19.3 Å². The zero-order chi connectivity index (χ0) is 19.3. The van der Waals surface area contributed by atoms with E-state index in [1.807, 2.05) is 54.6 Å². The summed E-state index contributed by atoms with van der Waals surface area (Å²) in [6, 6.07) is 17.2. The monoisotopic (exact) mass is 381 g/mol. The Morgan fingerprint density at radius 3 is 2.64 bits per heavy atom. The van der Waals surface area contributed by atoms with Gasteiger partial charge in [-0.1, -0.05) is 47.7 Å². The summed E-state index contributed by atoms with van der Waals surface area (Å²) in [5.41, 5.74) is 3.58. The van der Waals surface area contributed by atoms with Crippen LogP contribution in [0.1, 0.15) is 28.6 Å². The van der Waals surface area contributed by atoms with Gasteiger partial charge in [-0.05, 0) is 23.3 Å². The van der Waals surface area contributed by atoms with Crippen LogP contribution < -0.4 is 4.74 Å². The van der Waals surface area contributed by atoms with Crippen molar-refractivity contribution in [1.29, 1.82) is 0 Å². The average molecular weight is 381 g/mol. The Labute approximate surface area is 163 Å². The molecule has 0 saturated heterocycles. The number of aliphatic hydroxyl groups excluding tert-OH is 1. The number of nitrogens with zero attached hydrogens (tertiary/aromatic N) is 3. The molecule has 0 fully saturated rings. The first-order valence-electron chi connectivity index (χ1n) is 9.20. The number of hydrogen-bond acceptors (Lipinski definition) is 6. The lowest BCUT2D eigenvalue weighted by Crippen LogP contribution is -2.28. The van der Waals surface area contributed by atoms with Gasteiger partial charge in [0.2, 0.25) is 0 Å². The van der Waals surface area contributed by atoms with Gasteiger partial charge >= 0.3 is 0 Å². The minimum absolute atomic E-state index is 0.245. The van der Waals surface area contributed by atoms with E-state index in [1.54, 1.807) is 11.8 Å². The quantitative estimate of drug-likeness (QED) is 0.707. The van der Waals surface area contributed by atoms with Crippen LogP contribution in [0.3, 0.4) is 0 Å². The number of fused-ring (bicyclic) bond motifs is 1. The lowest BCUT2D eigenvalue weighted by Gasteiger charge is -2.21. The van der Waals surface area contributed by atoms with Crippen LogP contribution in [0, 0.1) is 0 Å². The highest BCUT2D eigenvalue weighted by atomic mass is 16.5. The van der Waals surface area contributed by atoms with Crippen LogP contribution in [0.2, 0.25) is 0 Å².